The van der Waals surface area contributed by atoms with E-state index in [1.165, 1.54) is 6.33 Å². The lowest BCUT2D eigenvalue weighted by Gasteiger charge is -2.44. The van der Waals surface area contributed by atoms with Crippen LogP contribution in [0.3, 0.4) is 0 Å². The lowest BCUT2D eigenvalue weighted by molar-refractivity contribution is 0.0511. The Morgan fingerprint density at radius 2 is 1.82 bits per heavy atom. The number of aliphatic hydroxyl groups excluding tert-OH is 1. The van der Waals surface area contributed by atoms with Crippen LogP contribution in [0.15, 0.2) is 43.0 Å². The highest BCUT2D eigenvalue weighted by Crippen LogP contribution is 2.21. The number of benzene rings is 1. The molecule has 2 heterocycles. The molecule has 3 atom stereocenters. The molecule has 7 nitrogen and oxygen atoms in total. The topological polar surface area (TPSA) is 81.6 Å². The van der Waals surface area contributed by atoms with Crippen molar-refractivity contribution in [3.8, 4) is 11.1 Å². The molecule has 7 heteroatoms. The molecule has 3 rings (SSSR count). The molecule has 150 valence electrons. The molecule has 0 aliphatic carbocycles. The number of nitrogens with zero attached hydrogens (tertiary/aromatic N) is 4. The molecule has 0 spiro atoms. The first kappa shape index (κ1) is 20.2. The van der Waals surface area contributed by atoms with Gasteiger partial charge in [0.05, 0.1) is 12.6 Å². The number of carbonyl (C=O) groups is 1. The van der Waals surface area contributed by atoms with E-state index in [0.717, 1.165) is 23.2 Å². The van der Waals surface area contributed by atoms with Crippen LogP contribution in [0.2, 0.25) is 0 Å². The maximum atomic E-state index is 12.8. The number of aromatic nitrogens is 2. The average molecular weight is 383 g/mol. The minimum absolute atomic E-state index is 0.0453. The number of amides is 2. The van der Waals surface area contributed by atoms with E-state index >= 15 is 0 Å². The van der Waals surface area contributed by atoms with Gasteiger partial charge in [-0.2, -0.15) is 0 Å². The van der Waals surface area contributed by atoms with Gasteiger partial charge in [-0.25, -0.2) is 14.8 Å². The predicted octanol–water partition coefficient (Wildman–Crippen LogP) is 2.30. The van der Waals surface area contributed by atoms with E-state index in [2.05, 4.69) is 34.0 Å². The molecular weight excluding hydrogens is 354 g/mol. The maximum Gasteiger partial charge on any atom is 0.318 e. The first-order chi connectivity index (χ1) is 13.5. The molecule has 1 aliphatic rings. The highest BCUT2D eigenvalue weighted by molar-refractivity contribution is 5.75. The second-order valence-corrected chi connectivity index (χ2v) is 7.49. The van der Waals surface area contributed by atoms with E-state index in [1.807, 2.05) is 36.1 Å². The van der Waals surface area contributed by atoms with Gasteiger partial charge in [-0.3, -0.25) is 4.90 Å². The van der Waals surface area contributed by atoms with Crippen LogP contribution in [-0.4, -0.2) is 69.2 Å². The summed E-state index contributed by atoms with van der Waals surface area (Å²) in [5.74, 6) is 0. The lowest BCUT2D eigenvalue weighted by atomic mass is 10.0. The van der Waals surface area contributed by atoms with E-state index < -0.39 is 0 Å². The van der Waals surface area contributed by atoms with E-state index in [1.54, 1.807) is 12.4 Å². The Balaban J connectivity index is 1.61. The van der Waals surface area contributed by atoms with Crippen LogP contribution in [0.4, 0.5) is 4.79 Å². The fraction of sp³-hybridized carbons (Fsp3) is 0.476. The zero-order chi connectivity index (χ0) is 20.1. The van der Waals surface area contributed by atoms with Gasteiger partial charge in [0.2, 0.25) is 0 Å². The standard InChI is InChI=1S/C21H29N5O2/c1-15-13-26(16(2)12-25(15)8-9-27)21(28)24-17(3)18-4-6-19(7-5-18)20-10-22-14-23-11-20/h4-7,10-11,14-17,27H,8-9,12-13H2,1-3H3,(H,24,28)/t15-,16+,17?/m1/s1. The van der Waals surface area contributed by atoms with Gasteiger partial charge in [0.15, 0.2) is 0 Å². The summed E-state index contributed by atoms with van der Waals surface area (Å²) in [6.45, 7) is 8.37. The zero-order valence-corrected chi connectivity index (χ0v) is 16.7. The van der Waals surface area contributed by atoms with Crippen LogP contribution in [0, 0.1) is 0 Å². The number of nitrogens with one attached hydrogen (secondary N) is 1. The minimum atomic E-state index is -0.0912. The summed E-state index contributed by atoms with van der Waals surface area (Å²) < 4.78 is 0. The summed E-state index contributed by atoms with van der Waals surface area (Å²) in [6, 6.07) is 8.30. The number of piperazine rings is 1. The summed E-state index contributed by atoms with van der Waals surface area (Å²) in [6.07, 6.45) is 5.08. The monoisotopic (exact) mass is 383 g/mol. The zero-order valence-electron chi connectivity index (χ0n) is 16.7. The fourth-order valence-electron chi connectivity index (χ4n) is 3.69. The quantitative estimate of drug-likeness (QED) is 0.828. The van der Waals surface area contributed by atoms with Gasteiger partial charge in [0.1, 0.15) is 6.33 Å². The van der Waals surface area contributed by atoms with Gasteiger partial charge < -0.3 is 15.3 Å². The minimum Gasteiger partial charge on any atom is -0.395 e. The second kappa shape index (κ2) is 9.12. The summed E-state index contributed by atoms with van der Waals surface area (Å²) in [5.41, 5.74) is 3.06. The SMILES string of the molecule is CC(NC(=O)N1C[C@@H](C)N(CCO)C[C@@H]1C)c1ccc(-c2cncnc2)cc1. The normalized spacial score (nSPS) is 21.4. The van der Waals surface area contributed by atoms with Gasteiger partial charge >= 0.3 is 6.03 Å². The molecule has 2 aromatic rings. The first-order valence-electron chi connectivity index (χ1n) is 9.77. The van der Waals surface area contributed by atoms with Crippen molar-refractivity contribution in [2.45, 2.75) is 38.9 Å². The third-order valence-corrected chi connectivity index (χ3v) is 5.41. The highest BCUT2D eigenvalue weighted by Gasteiger charge is 2.32. The molecule has 1 saturated heterocycles. The van der Waals surface area contributed by atoms with Crippen molar-refractivity contribution < 1.29 is 9.90 Å². The number of hydrogen-bond donors (Lipinski definition) is 2. The summed E-state index contributed by atoms with van der Waals surface area (Å²) >= 11 is 0. The van der Waals surface area contributed by atoms with Crippen molar-refractivity contribution in [3.63, 3.8) is 0 Å². The molecule has 0 bridgehead atoms. The molecule has 0 saturated carbocycles. The smallest absolute Gasteiger partial charge is 0.318 e. The highest BCUT2D eigenvalue weighted by atomic mass is 16.3. The van der Waals surface area contributed by atoms with Gasteiger partial charge in [-0.05, 0) is 31.9 Å². The van der Waals surface area contributed by atoms with Gasteiger partial charge in [-0.15, -0.1) is 0 Å². The van der Waals surface area contributed by atoms with Crippen molar-refractivity contribution >= 4 is 6.03 Å². The van der Waals surface area contributed by atoms with Gasteiger partial charge in [-0.1, -0.05) is 24.3 Å². The Morgan fingerprint density at radius 3 is 2.46 bits per heavy atom. The van der Waals surface area contributed by atoms with Crippen molar-refractivity contribution in [1.29, 1.82) is 0 Å². The molecule has 2 amide bonds. The molecule has 1 aromatic carbocycles. The maximum absolute atomic E-state index is 12.8. The van der Waals surface area contributed by atoms with Gasteiger partial charge in [0, 0.05) is 49.7 Å². The van der Waals surface area contributed by atoms with Crippen LogP contribution >= 0.6 is 0 Å². The summed E-state index contributed by atoms with van der Waals surface area (Å²) in [7, 11) is 0. The predicted molar refractivity (Wildman–Crippen MR) is 109 cm³/mol. The summed E-state index contributed by atoms with van der Waals surface area (Å²) in [4.78, 5) is 25.0. The molecular formula is C21H29N5O2. The average Bonchev–Trinajstić information content (AvgIpc) is 2.71. The molecule has 0 radical (unpaired) electrons. The molecule has 2 N–H and O–H groups in total. The Bertz CT molecular complexity index is 768. The Labute approximate surface area is 166 Å². The number of urea groups is 1. The number of aliphatic hydroxyl groups is 1. The third kappa shape index (κ3) is 4.66. The van der Waals surface area contributed by atoms with E-state index in [4.69, 9.17) is 0 Å². The van der Waals surface area contributed by atoms with Crippen LogP contribution in [0.25, 0.3) is 11.1 Å². The molecule has 28 heavy (non-hydrogen) atoms. The van der Waals surface area contributed by atoms with Crippen molar-refractivity contribution in [3.05, 3.63) is 48.5 Å². The Morgan fingerprint density at radius 1 is 1.14 bits per heavy atom. The Hall–Kier alpha value is -2.51. The Kier molecular flexibility index (Phi) is 6.59. The lowest BCUT2D eigenvalue weighted by Crippen LogP contribution is -2.60. The van der Waals surface area contributed by atoms with Crippen molar-refractivity contribution in [2.24, 2.45) is 0 Å². The number of β-amino-alcohol motifs (C(OH)–C–C–N with tert-alkyl or cyclic N) is 1. The van der Waals surface area contributed by atoms with Crippen LogP contribution in [0.1, 0.15) is 32.4 Å². The first-order valence-corrected chi connectivity index (χ1v) is 9.77. The van der Waals surface area contributed by atoms with E-state index in [-0.39, 0.29) is 30.8 Å². The molecule has 1 aliphatic heterocycles. The van der Waals surface area contributed by atoms with Crippen molar-refractivity contribution in [1.82, 2.24) is 25.1 Å². The molecule has 1 unspecified atom stereocenters. The third-order valence-electron chi connectivity index (χ3n) is 5.41. The molecule has 1 aromatic heterocycles. The van der Waals surface area contributed by atoms with Crippen LogP contribution in [0.5, 0.6) is 0 Å². The number of rotatable bonds is 5. The van der Waals surface area contributed by atoms with E-state index in [9.17, 15) is 9.90 Å². The summed E-state index contributed by atoms with van der Waals surface area (Å²) in [5, 5.41) is 12.3. The van der Waals surface area contributed by atoms with Crippen molar-refractivity contribution in [2.75, 3.05) is 26.2 Å². The largest absolute Gasteiger partial charge is 0.395 e. The van der Waals surface area contributed by atoms with E-state index in [0.29, 0.717) is 13.1 Å². The fourth-order valence-corrected chi connectivity index (χ4v) is 3.69. The number of carbonyl (C=O) groups excluding carboxylic acids is 1. The van der Waals surface area contributed by atoms with Gasteiger partial charge in [0.25, 0.3) is 0 Å². The van der Waals surface area contributed by atoms with Crippen LogP contribution in [-0.2, 0) is 0 Å². The van der Waals surface area contributed by atoms with Crippen LogP contribution < -0.4 is 5.32 Å². The second-order valence-electron chi connectivity index (χ2n) is 7.49. The number of hydrogen-bond acceptors (Lipinski definition) is 5. The molecule has 1 fully saturated rings.